The van der Waals surface area contributed by atoms with Gasteiger partial charge in [-0.2, -0.15) is 0 Å². The maximum Gasteiger partial charge on any atom is 0.320 e. The molecule has 0 radical (unpaired) electrons. The van der Waals surface area contributed by atoms with Crippen LogP contribution in [-0.2, 0) is 6.54 Å². The molecule has 2 saturated heterocycles. The summed E-state index contributed by atoms with van der Waals surface area (Å²) in [6.45, 7) is 6.10. The zero-order valence-electron chi connectivity index (χ0n) is 23.8. The van der Waals surface area contributed by atoms with Crippen LogP contribution in [0.4, 0.5) is 23.7 Å². The molecule has 2 aromatic rings. The SMILES string of the molecule is CCNC1CCN(C(=O)N2CC[C@@H](CN3C=Nc4ccc(F)cc4C3)C3(CCCC3)C2)[C@H](c2cc(F)ccc2F)C1. The van der Waals surface area contributed by atoms with Gasteiger partial charge in [0.2, 0.25) is 0 Å². The van der Waals surface area contributed by atoms with Crippen LogP contribution in [0.1, 0.15) is 69.0 Å². The molecule has 3 atom stereocenters. The van der Waals surface area contributed by atoms with Crippen molar-refractivity contribution in [2.24, 2.45) is 16.3 Å². The lowest BCUT2D eigenvalue weighted by molar-refractivity contribution is 0.0194. The molecule has 6 rings (SSSR count). The molecule has 9 heteroatoms. The van der Waals surface area contributed by atoms with Gasteiger partial charge in [-0.1, -0.05) is 19.8 Å². The van der Waals surface area contributed by atoms with Crippen molar-refractivity contribution < 1.29 is 18.0 Å². The summed E-state index contributed by atoms with van der Waals surface area (Å²) in [4.78, 5) is 24.7. The van der Waals surface area contributed by atoms with Gasteiger partial charge in [0.1, 0.15) is 17.5 Å². The quantitative estimate of drug-likeness (QED) is 0.455. The molecule has 2 amide bonds. The van der Waals surface area contributed by atoms with Crippen LogP contribution in [0.2, 0.25) is 0 Å². The van der Waals surface area contributed by atoms with Crippen LogP contribution in [0, 0.1) is 28.8 Å². The molecule has 3 aliphatic heterocycles. The highest BCUT2D eigenvalue weighted by Gasteiger charge is 2.48. The smallest absolute Gasteiger partial charge is 0.320 e. The molecule has 3 fully saturated rings. The van der Waals surface area contributed by atoms with E-state index in [1.54, 1.807) is 17.0 Å². The third-order valence-corrected chi connectivity index (χ3v) is 9.88. The number of nitrogens with zero attached hydrogens (tertiary/aromatic N) is 4. The Morgan fingerprint density at radius 1 is 1.05 bits per heavy atom. The standard InChI is InChI=1S/C32H40F3N5O/c1-2-36-26-10-14-40(30(17-26)27-16-25(34)5-7-28(27)35)31(41)39-13-9-23(32(20-39)11-3-4-12-32)19-38-18-22-15-24(33)6-8-29(22)37-21-38/h5-8,15-16,21,23,26,30,36H,2-4,9-14,17-20H2,1H3/t23-,26?,30-/m0/s1. The van der Waals surface area contributed by atoms with Gasteiger partial charge in [0.15, 0.2) is 0 Å². The first kappa shape index (κ1) is 28.1. The Morgan fingerprint density at radius 2 is 1.83 bits per heavy atom. The number of nitrogens with one attached hydrogen (secondary N) is 1. The molecule has 0 aromatic heterocycles. The summed E-state index contributed by atoms with van der Waals surface area (Å²) in [5.41, 5.74) is 2.00. The monoisotopic (exact) mass is 567 g/mol. The molecule has 1 saturated carbocycles. The van der Waals surface area contributed by atoms with E-state index in [4.69, 9.17) is 0 Å². The summed E-state index contributed by atoms with van der Waals surface area (Å²) < 4.78 is 43.1. The number of fused-ring (bicyclic) bond motifs is 1. The number of hydrogen-bond donors (Lipinski definition) is 1. The van der Waals surface area contributed by atoms with Crippen LogP contribution in [-0.4, -0.2) is 65.8 Å². The van der Waals surface area contributed by atoms with Gasteiger partial charge in [-0.3, -0.25) is 0 Å². The summed E-state index contributed by atoms with van der Waals surface area (Å²) in [5, 5.41) is 3.45. The van der Waals surface area contributed by atoms with Crippen LogP contribution in [0.25, 0.3) is 0 Å². The molecule has 2 aromatic carbocycles. The van der Waals surface area contributed by atoms with E-state index >= 15 is 4.39 Å². The Balaban J connectivity index is 1.19. The van der Waals surface area contributed by atoms with Gasteiger partial charge < -0.3 is 20.0 Å². The lowest BCUT2D eigenvalue weighted by atomic mass is 9.69. The summed E-state index contributed by atoms with van der Waals surface area (Å²) in [7, 11) is 0. The second-order valence-electron chi connectivity index (χ2n) is 12.4. The van der Waals surface area contributed by atoms with Crippen molar-refractivity contribution in [3.05, 3.63) is 65.0 Å². The fraction of sp³-hybridized carbons (Fsp3) is 0.562. The minimum atomic E-state index is -0.515. The van der Waals surface area contributed by atoms with E-state index in [1.807, 2.05) is 18.2 Å². The molecule has 3 heterocycles. The Bertz CT molecular complexity index is 1300. The number of urea groups is 1. The second-order valence-corrected chi connectivity index (χ2v) is 12.4. The number of piperidine rings is 2. The molecular formula is C32H40F3N5O. The Morgan fingerprint density at radius 3 is 2.63 bits per heavy atom. The van der Waals surface area contributed by atoms with Crippen LogP contribution in [0.15, 0.2) is 41.4 Å². The number of hydrogen-bond acceptors (Lipinski definition) is 4. The number of benzene rings is 2. The van der Waals surface area contributed by atoms with Crippen LogP contribution >= 0.6 is 0 Å². The topological polar surface area (TPSA) is 51.2 Å². The number of rotatable bonds is 5. The first-order valence-corrected chi connectivity index (χ1v) is 15.2. The molecular weight excluding hydrogens is 527 g/mol. The first-order valence-electron chi connectivity index (χ1n) is 15.2. The van der Waals surface area contributed by atoms with Gasteiger partial charge in [0, 0.05) is 49.9 Å². The van der Waals surface area contributed by atoms with Gasteiger partial charge in [0.05, 0.1) is 18.1 Å². The predicted molar refractivity (Wildman–Crippen MR) is 153 cm³/mol. The molecule has 6 nitrogen and oxygen atoms in total. The summed E-state index contributed by atoms with van der Waals surface area (Å²) in [6, 6.07) is 7.86. The van der Waals surface area contributed by atoms with Gasteiger partial charge in [-0.05, 0) is 86.4 Å². The maximum atomic E-state index is 15.0. The van der Waals surface area contributed by atoms with E-state index in [0.29, 0.717) is 38.5 Å². The van der Waals surface area contributed by atoms with E-state index in [0.717, 1.165) is 68.9 Å². The van der Waals surface area contributed by atoms with E-state index in [2.05, 4.69) is 15.2 Å². The molecule has 41 heavy (non-hydrogen) atoms. The zero-order valence-corrected chi connectivity index (χ0v) is 23.8. The largest absolute Gasteiger partial charge is 0.358 e. The summed E-state index contributed by atoms with van der Waals surface area (Å²) in [6.07, 6.45) is 8.52. The third-order valence-electron chi connectivity index (χ3n) is 9.88. The molecule has 1 N–H and O–H groups in total. The lowest BCUT2D eigenvalue weighted by Crippen LogP contribution is -2.57. The molecule has 1 aliphatic carbocycles. The normalized spacial score (nSPS) is 25.6. The Kier molecular flexibility index (Phi) is 7.99. The number of amides is 2. The van der Waals surface area contributed by atoms with Crippen LogP contribution in [0.5, 0.6) is 0 Å². The number of halogens is 3. The number of carbonyl (C=O) groups is 1. The van der Waals surface area contributed by atoms with Gasteiger partial charge in [-0.15, -0.1) is 0 Å². The molecule has 220 valence electrons. The van der Waals surface area contributed by atoms with E-state index in [1.165, 1.54) is 18.2 Å². The van der Waals surface area contributed by atoms with Crippen molar-refractivity contribution in [3.8, 4) is 0 Å². The maximum absolute atomic E-state index is 15.0. The van der Waals surface area contributed by atoms with Crippen LogP contribution < -0.4 is 5.32 Å². The highest BCUT2D eigenvalue weighted by atomic mass is 19.1. The van der Waals surface area contributed by atoms with E-state index in [-0.39, 0.29) is 28.9 Å². The Labute approximate surface area is 240 Å². The van der Waals surface area contributed by atoms with Crippen molar-refractivity contribution in [1.29, 1.82) is 0 Å². The highest BCUT2D eigenvalue weighted by Crippen LogP contribution is 2.49. The lowest BCUT2D eigenvalue weighted by Gasteiger charge is -2.50. The van der Waals surface area contributed by atoms with Gasteiger partial charge in [0.25, 0.3) is 0 Å². The van der Waals surface area contributed by atoms with Crippen molar-refractivity contribution in [1.82, 2.24) is 20.0 Å². The number of aliphatic imine (C=N–C) groups is 1. The molecule has 0 bridgehead atoms. The predicted octanol–water partition coefficient (Wildman–Crippen LogP) is 6.40. The van der Waals surface area contributed by atoms with Gasteiger partial charge in [-0.25, -0.2) is 23.0 Å². The van der Waals surface area contributed by atoms with Gasteiger partial charge >= 0.3 is 6.03 Å². The fourth-order valence-corrected chi connectivity index (χ4v) is 7.82. The minimum absolute atomic E-state index is 0.0195. The molecule has 4 aliphatic rings. The average molecular weight is 568 g/mol. The fourth-order valence-electron chi connectivity index (χ4n) is 7.82. The van der Waals surface area contributed by atoms with Crippen molar-refractivity contribution in [3.63, 3.8) is 0 Å². The Hall–Kier alpha value is -3.07. The first-order chi connectivity index (χ1) is 19.8. The molecule has 1 spiro atoms. The second kappa shape index (κ2) is 11.7. The zero-order chi connectivity index (χ0) is 28.6. The van der Waals surface area contributed by atoms with E-state index in [9.17, 15) is 13.6 Å². The minimum Gasteiger partial charge on any atom is -0.358 e. The van der Waals surface area contributed by atoms with Crippen LogP contribution in [0.3, 0.4) is 0 Å². The average Bonchev–Trinajstić information content (AvgIpc) is 3.44. The van der Waals surface area contributed by atoms with Crippen molar-refractivity contribution in [2.75, 3.05) is 32.7 Å². The van der Waals surface area contributed by atoms with Crippen molar-refractivity contribution in [2.45, 2.75) is 70.5 Å². The third kappa shape index (κ3) is 5.70. The summed E-state index contributed by atoms with van der Waals surface area (Å²) in [5.74, 6) is -0.809. The molecule has 1 unspecified atom stereocenters. The van der Waals surface area contributed by atoms with Crippen molar-refractivity contribution >= 4 is 18.1 Å². The number of likely N-dealkylation sites (tertiary alicyclic amines) is 2. The highest BCUT2D eigenvalue weighted by molar-refractivity contribution is 5.75. The number of carbonyl (C=O) groups excluding carboxylic acids is 1. The summed E-state index contributed by atoms with van der Waals surface area (Å²) >= 11 is 0. The van der Waals surface area contributed by atoms with E-state index < -0.39 is 17.7 Å².